The summed E-state index contributed by atoms with van der Waals surface area (Å²) in [6.45, 7) is 6.51. The van der Waals surface area contributed by atoms with Crippen LogP contribution in [0, 0.1) is 0 Å². The van der Waals surface area contributed by atoms with Gasteiger partial charge in [0.25, 0.3) is 5.56 Å². The molecule has 0 spiro atoms. The van der Waals surface area contributed by atoms with E-state index in [-0.39, 0.29) is 11.3 Å². The molecule has 1 aliphatic carbocycles. The number of pyridine rings is 1. The standard InChI is InChI=1S/C15H20N2O2/c1-3-16-7-6-14-11(9-16)8-13(10(2)18)15(19)17(14)12-4-5-12/h8,12H,3-7,9H2,1-2H3. The topological polar surface area (TPSA) is 42.3 Å². The highest BCUT2D eigenvalue weighted by Gasteiger charge is 2.31. The van der Waals surface area contributed by atoms with Crippen molar-refractivity contribution in [1.29, 1.82) is 0 Å². The van der Waals surface area contributed by atoms with Crippen molar-refractivity contribution in [1.82, 2.24) is 9.47 Å². The Hall–Kier alpha value is -1.42. The fourth-order valence-corrected chi connectivity index (χ4v) is 2.97. The summed E-state index contributed by atoms with van der Waals surface area (Å²) in [5.74, 6) is -0.115. The predicted molar refractivity (Wildman–Crippen MR) is 73.6 cm³/mol. The van der Waals surface area contributed by atoms with E-state index in [9.17, 15) is 9.59 Å². The molecule has 1 fully saturated rings. The molecule has 0 atom stereocenters. The smallest absolute Gasteiger partial charge is 0.261 e. The largest absolute Gasteiger partial charge is 0.309 e. The van der Waals surface area contributed by atoms with Crippen molar-refractivity contribution in [3.63, 3.8) is 0 Å². The third-order valence-electron chi connectivity index (χ3n) is 4.23. The summed E-state index contributed by atoms with van der Waals surface area (Å²) in [7, 11) is 0. The Morgan fingerprint density at radius 1 is 1.42 bits per heavy atom. The van der Waals surface area contributed by atoms with Crippen molar-refractivity contribution in [2.75, 3.05) is 13.1 Å². The molecular weight excluding hydrogens is 240 g/mol. The van der Waals surface area contributed by atoms with Gasteiger partial charge in [0.05, 0.1) is 5.56 Å². The molecular formula is C15H20N2O2. The number of Topliss-reactive ketones (excluding diaryl/α,β-unsaturated/α-hetero) is 1. The molecule has 102 valence electrons. The number of hydrogen-bond donors (Lipinski definition) is 0. The molecule has 1 saturated carbocycles. The SMILES string of the molecule is CCN1CCc2c(cc(C(C)=O)c(=O)n2C2CC2)C1. The number of likely N-dealkylation sites (N-methyl/N-ethyl adjacent to an activating group) is 1. The van der Waals surface area contributed by atoms with Gasteiger partial charge < -0.3 is 4.57 Å². The third-order valence-corrected chi connectivity index (χ3v) is 4.23. The third kappa shape index (κ3) is 2.14. The Morgan fingerprint density at radius 2 is 2.16 bits per heavy atom. The first-order valence-electron chi connectivity index (χ1n) is 7.12. The second-order valence-electron chi connectivity index (χ2n) is 5.61. The number of hydrogen-bond acceptors (Lipinski definition) is 3. The van der Waals surface area contributed by atoms with Crippen molar-refractivity contribution in [3.8, 4) is 0 Å². The van der Waals surface area contributed by atoms with E-state index in [2.05, 4.69) is 11.8 Å². The summed E-state index contributed by atoms with van der Waals surface area (Å²) < 4.78 is 1.92. The lowest BCUT2D eigenvalue weighted by atomic mass is 10.0. The van der Waals surface area contributed by atoms with Gasteiger partial charge in [-0.1, -0.05) is 6.92 Å². The summed E-state index contributed by atoms with van der Waals surface area (Å²) in [6, 6.07) is 2.18. The highest BCUT2D eigenvalue weighted by Crippen LogP contribution is 2.36. The summed E-state index contributed by atoms with van der Waals surface area (Å²) in [6.07, 6.45) is 3.07. The Morgan fingerprint density at radius 3 is 2.74 bits per heavy atom. The average molecular weight is 260 g/mol. The second kappa shape index (κ2) is 4.60. The molecule has 0 radical (unpaired) electrons. The Balaban J connectivity index is 2.15. The maximum Gasteiger partial charge on any atom is 0.261 e. The summed E-state index contributed by atoms with van der Waals surface area (Å²) in [5.41, 5.74) is 2.63. The van der Waals surface area contributed by atoms with Crippen LogP contribution in [0.15, 0.2) is 10.9 Å². The van der Waals surface area contributed by atoms with Gasteiger partial charge in [-0.3, -0.25) is 14.5 Å². The molecule has 1 aromatic heterocycles. The van der Waals surface area contributed by atoms with E-state index in [1.165, 1.54) is 18.2 Å². The summed E-state index contributed by atoms with van der Waals surface area (Å²) >= 11 is 0. The van der Waals surface area contributed by atoms with Crippen LogP contribution >= 0.6 is 0 Å². The molecule has 0 amide bonds. The zero-order valence-corrected chi connectivity index (χ0v) is 11.6. The minimum atomic E-state index is -0.115. The van der Waals surface area contributed by atoms with Crippen molar-refractivity contribution < 1.29 is 4.79 Å². The van der Waals surface area contributed by atoms with Crippen LogP contribution in [0.4, 0.5) is 0 Å². The van der Waals surface area contributed by atoms with Crippen LogP contribution in [-0.4, -0.2) is 28.3 Å². The summed E-state index contributed by atoms with van der Waals surface area (Å²) in [5, 5.41) is 0. The summed E-state index contributed by atoms with van der Waals surface area (Å²) in [4.78, 5) is 26.5. The molecule has 0 aromatic carbocycles. The van der Waals surface area contributed by atoms with E-state index < -0.39 is 0 Å². The maximum atomic E-state index is 12.4. The van der Waals surface area contributed by atoms with Crippen LogP contribution in [-0.2, 0) is 13.0 Å². The fourth-order valence-electron chi connectivity index (χ4n) is 2.97. The van der Waals surface area contributed by atoms with Gasteiger partial charge in [-0.2, -0.15) is 0 Å². The second-order valence-corrected chi connectivity index (χ2v) is 5.61. The number of aromatic nitrogens is 1. The van der Waals surface area contributed by atoms with E-state index in [1.807, 2.05) is 10.6 Å². The van der Waals surface area contributed by atoms with Gasteiger partial charge in [0.15, 0.2) is 5.78 Å². The first-order valence-corrected chi connectivity index (χ1v) is 7.12. The van der Waals surface area contributed by atoms with Crippen molar-refractivity contribution in [2.24, 2.45) is 0 Å². The van der Waals surface area contributed by atoms with Gasteiger partial charge in [-0.25, -0.2) is 0 Å². The zero-order valence-electron chi connectivity index (χ0n) is 11.6. The van der Waals surface area contributed by atoms with E-state index in [0.717, 1.165) is 38.9 Å². The van der Waals surface area contributed by atoms with Crippen LogP contribution in [0.1, 0.15) is 54.3 Å². The molecule has 4 heteroatoms. The lowest BCUT2D eigenvalue weighted by molar-refractivity contribution is 0.101. The number of nitrogens with zero attached hydrogens (tertiary/aromatic N) is 2. The van der Waals surface area contributed by atoms with Crippen LogP contribution < -0.4 is 5.56 Å². The molecule has 0 N–H and O–H groups in total. The normalized spacial score (nSPS) is 19.3. The first-order chi connectivity index (χ1) is 9.11. The minimum absolute atomic E-state index is 0.0706. The molecule has 2 heterocycles. The Labute approximate surface area is 113 Å². The van der Waals surface area contributed by atoms with Crippen molar-refractivity contribution in [3.05, 3.63) is 33.2 Å². The number of fused-ring (bicyclic) bond motifs is 1. The number of ketones is 1. The van der Waals surface area contributed by atoms with Gasteiger partial charge in [0.2, 0.25) is 0 Å². The Bertz CT molecular complexity index is 585. The molecule has 3 rings (SSSR count). The van der Waals surface area contributed by atoms with Crippen molar-refractivity contribution in [2.45, 2.75) is 45.7 Å². The molecule has 1 aliphatic heterocycles. The lowest BCUT2D eigenvalue weighted by Gasteiger charge is -2.30. The lowest BCUT2D eigenvalue weighted by Crippen LogP contribution is -2.37. The number of rotatable bonds is 3. The quantitative estimate of drug-likeness (QED) is 0.778. The molecule has 0 saturated heterocycles. The van der Waals surface area contributed by atoms with Crippen LogP contribution in [0.3, 0.4) is 0 Å². The maximum absolute atomic E-state index is 12.4. The minimum Gasteiger partial charge on any atom is -0.309 e. The molecule has 2 aliphatic rings. The fraction of sp³-hybridized carbons (Fsp3) is 0.600. The van der Waals surface area contributed by atoms with Gasteiger partial charge in [-0.05, 0) is 37.9 Å². The highest BCUT2D eigenvalue weighted by molar-refractivity contribution is 5.93. The van der Waals surface area contributed by atoms with E-state index in [0.29, 0.717) is 11.6 Å². The first kappa shape index (κ1) is 12.6. The van der Waals surface area contributed by atoms with Gasteiger partial charge >= 0.3 is 0 Å². The monoisotopic (exact) mass is 260 g/mol. The molecule has 1 aromatic rings. The van der Waals surface area contributed by atoms with E-state index in [4.69, 9.17) is 0 Å². The number of carbonyl (C=O) groups excluding carboxylic acids is 1. The molecule has 19 heavy (non-hydrogen) atoms. The van der Waals surface area contributed by atoms with Crippen LogP contribution in [0.25, 0.3) is 0 Å². The zero-order chi connectivity index (χ0) is 13.6. The van der Waals surface area contributed by atoms with Crippen LogP contribution in [0.2, 0.25) is 0 Å². The van der Waals surface area contributed by atoms with Gasteiger partial charge in [0, 0.05) is 31.2 Å². The molecule has 0 bridgehead atoms. The van der Waals surface area contributed by atoms with E-state index >= 15 is 0 Å². The molecule has 0 unspecified atom stereocenters. The highest BCUT2D eigenvalue weighted by atomic mass is 16.1. The molecule has 4 nitrogen and oxygen atoms in total. The number of carbonyl (C=O) groups is 1. The Kier molecular flexibility index (Phi) is 3.05. The van der Waals surface area contributed by atoms with Crippen molar-refractivity contribution >= 4 is 5.78 Å². The van der Waals surface area contributed by atoms with Gasteiger partial charge in [0.1, 0.15) is 0 Å². The average Bonchev–Trinajstić information content (AvgIpc) is 3.21. The van der Waals surface area contributed by atoms with Gasteiger partial charge in [-0.15, -0.1) is 0 Å². The van der Waals surface area contributed by atoms with E-state index in [1.54, 1.807) is 0 Å². The predicted octanol–water partition coefficient (Wildman–Crippen LogP) is 1.76. The van der Waals surface area contributed by atoms with Crippen LogP contribution in [0.5, 0.6) is 0 Å².